The van der Waals surface area contributed by atoms with Crippen LogP contribution in [0.2, 0.25) is 5.02 Å². The summed E-state index contributed by atoms with van der Waals surface area (Å²) in [5.74, 6) is 0.0927. The molecule has 0 saturated heterocycles. The molecule has 1 amide bonds. The van der Waals surface area contributed by atoms with Crippen molar-refractivity contribution in [2.45, 2.75) is 32.2 Å². The van der Waals surface area contributed by atoms with Gasteiger partial charge in [-0.2, -0.15) is 0 Å². The second-order valence-corrected chi connectivity index (χ2v) is 5.57. The van der Waals surface area contributed by atoms with Crippen LogP contribution >= 0.6 is 11.6 Å². The summed E-state index contributed by atoms with van der Waals surface area (Å²) in [6.07, 6.45) is 3.91. The monoisotopic (exact) mass is 266 g/mol. The molecule has 1 aromatic rings. The molecule has 0 heterocycles. The number of nitrogens with two attached hydrogens (primary N) is 1. The van der Waals surface area contributed by atoms with Crippen LogP contribution < -0.4 is 11.1 Å². The Labute approximate surface area is 113 Å². The maximum Gasteiger partial charge on any atom is 0.220 e. The number of carbonyl (C=O) groups excluding carboxylic acids is 1. The lowest BCUT2D eigenvalue weighted by atomic mass is 9.66. The number of halogens is 1. The van der Waals surface area contributed by atoms with E-state index in [2.05, 4.69) is 5.32 Å². The summed E-state index contributed by atoms with van der Waals surface area (Å²) in [5, 5.41) is 3.65. The highest BCUT2D eigenvalue weighted by Crippen LogP contribution is 2.42. The molecule has 18 heavy (non-hydrogen) atoms. The minimum atomic E-state index is 0.0735. The predicted molar refractivity (Wildman–Crippen MR) is 73.3 cm³/mol. The molecule has 3 nitrogen and oxygen atoms in total. The van der Waals surface area contributed by atoms with Gasteiger partial charge in [-0.3, -0.25) is 4.79 Å². The van der Waals surface area contributed by atoms with E-state index in [1.54, 1.807) is 0 Å². The van der Waals surface area contributed by atoms with Crippen LogP contribution in [0.4, 0.5) is 0 Å². The van der Waals surface area contributed by atoms with Crippen molar-refractivity contribution in [1.82, 2.24) is 5.32 Å². The van der Waals surface area contributed by atoms with Crippen molar-refractivity contribution in [2.24, 2.45) is 11.1 Å². The topological polar surface area (TPSA) is 55.1 Å². The molecule has 1 saturated carbocycles. The van der Waals surface area contributed by atoms with Crippen LogP contribution in [0.1, 0.15) is 31.2 Å². The fourth-order valence-electron chi connectivity index (χ4n) is 2.34. The molecule has 1 aromatic carbocycles. The van der Waals surface area contributed by atoms with Crippen molar-refractivity contribution in [1.29, 1.82) is 0 Å². The second-order valence-electron chi connectivity index (χ2n) is 5.14. The average Bonchev–Trinajstić information content (AvgIpc) is 2.33. The molecule has 3 N–H and O–H groups in total. The summed E-state index contributed by atoms with van der Waals surface area (Å²) in [7, 11) is 0. The minimum absolute atomic E-state index is 0.0735. The highest BCUT2D eigenvalue weighted by Gasteiger charge is 2.37. The van der Waals surface area contributed by atoms with E-state index in [0.29, 0.717) is 24.5 Å². The molecule has 2 rings (SSSR count). The third-order valence-electron chi connectivity index (χ3n) is 3.79. The fourth-order valence-corrected chi connectivity index (χ4v) is 2.46. The Kier molecular flexibility index (Phi) is 4.25. The van der Waals surface area contributed by atoms with Gasteiger partial charge >= 0.3 is 0 Å². The number of amides is 1. The third kappa shape index (κ3) is 3.24. The molecule has 0 unspecified atom stereocenters. The summed E-state index contributed by atoms with van der Waals surface area (Å²) in [6.45, 7) is 1.16. The van der Waals surface area contributed by atoms with Gasteiger partial charge in [0, 0.05) is 18.0 Å². The number of carbonyl (C=O) groups is 1. The smallest absolute Gasteiger partial charge is 0.220 e. The first-order valence-corrected chi connectivity index (χ1v) is 6.73. The van der Waals surface area contributed by atoms with Gasteiger partial charge in [0.05, 0.1) is 0 Å². The van der Waals surface area contributed by atoms with Gasteiger partial charge in [0.2, 0.25) is 5.91 Å². The zero-order chi connectivity index (χ0) is 13.0. The summed E-state index contributed by atoms with van der Waals surface area (Å²) in [4.78, 5) is 11.9. The van der Waals surface area contributed by atoms with Crippen LogP contribution in [0.15, 0.2) is 24.3 Å². The Balaban J connectivity index is 1.79. The SMILES string of the molecule is NCC1(CC(=O)NCc2ccc(Cl)cc2)CCC1. The van der Waals surface area contributed by atoms with Gasteiger partial charge in [-0.25, -0.2) is 0 Å². The van der Waals surface area contributed by atoms with Crippen molar-refractivity contribution in [3.63, 3.8) is 0 Å². The summed E-state index contributed by atoms with van der Waals surface area (Å²) in [6, 6.07) is 7.50. The Morgan fingerprint density at radius 2 is 2.00 bits per heavy atom. The first-order chi connectivity index (χ1) is 8.63. The van der Waals surface area contributed by atoms with E-state index in [-0.39, 0.29) is 11.3 Å². The normalized spacial score (nSPS) is 17.0. The van der Waals surface area contributed by atoms with Crippen LogP contribution in [0.25, 0.3) is 0 Å². The molecule has 0 spiro atoms. The average molecular weight is 267 g/mol. The highest BCUT2D eigenvalue weighted by atomic mass is 35.5. The highest BCUT2D eigenvalue weighted by molar-refractivity contribution is 6.30. The van der Waals surface area contributed by atoms with Gasteiger partial charge in [0.1, 0.15) is 0 Å². The fraction of sp³-hybridized carbons (Fsp3) is 0.500. The van der Waals surface area contributed by atoms with Crippen molar-refractivity contribution in [3.05, 3.63) is 34.9 Å². The molecule has 0 atom stereocenters. The Morgan fingerprint density at radius 3 is 2.50 bits per heavy atom. The van der Waals surface area contributed by atoms with Crippen LogP contribution in [0.5, 0.6) is 0 Å². The number of benzene rings is 1. The summed E-state index contributed by atoms with van der Waals surface area (Å²) < 4.78 is 0. The second kappa shape index (κ2) is 5.72. The van der Waals surface area contributed by atoms with Crippen molar-refractivity contribution in [3.8, 4) is 0 Å². The van der Waals surface area contributed by atoms with Crippen molar-refractivity contribution >= 4 is 17.5 Å². The molecule has 1 aliphatic rings. The molecule has 1 aliphatic carbocycles. The van der Waals surface area contributed by atoms with Crippen LogP contribution in [-0.2, 0) is 11.3 Å². The molecule has 4 heteroatoms. The number of hydrogen-bond acceptors (Lipinski definition) is 2. The van der Waals surface area contributed by atoms with E-state index < -0.39 is 0 Å². The lowest BCUT2D eigenvalue weighted by Gasteiger charge is -2.40. The number of hydrogen-bond donors (Lipinski definition) is 2. The van der Waals surface area contributed by atoms with Crippen LogP contribution in [0.3, 0.4) is 0 Å². The van der Waals surface area contributed by atoms with E-state index in [9.17, 15) is 4.79 Å². The number of nitrogens with one attached hydrogen (secondary N) is 1. The minimum Gasteiger partial charge on any atom is -0.352 e. The molecular formula is C14H19ClN2O. The van der Waals surface area contributed by atoms with Gasteiger partial charge in [0.25, 0.3) is 0 Å². The standard InChI is InChI=1S/C14H19ClN2O/c15-12-4-2-11(3-5-12)9-17-13(18)8-14(10-16)6-1-7-14/h2-5H,1,6-10,16H2,(H,17,18). The lowest BCUT2D eigenvalue weighted by Crippen LogP contribution is -2.41. The van der Waals surface area contributed by atoms with Crippen LogP contribution in [0, 0.1) is 5.41 Å². The number of rotatable bonds is 5. The van der Waals surface area contributed by atoms with Crippen molar-refractivity contribution < 1.29 is 4.79 Å². The molecule has 0 radical (unpaired) electrons. The van der Waals surface area contributed by atoms with Gasteiger partial charge in [-0.1, -0.05) is 30.2 Å². The molecule has 0 aliphatic heterocycles. The van der Waals surface area contributed by atoms with Gasteiger partial charge in [0.15, 0.2) is 0 Å². The molecule has 0 aromatic heterocycles. The molecule has 98 valence electrons. The van der Waals surface area contributed by atoms with E-state index in [1.807, 2.05) is 24.3 Å². The Morgan fingerprint density at radius 1 is 1.33 bits per heavy atom. The van der Waals surface area contributed by atoms with E-state index in [4.69, 9.17) is 17.3 Å². The summed E-state index contributed by atoms with van der Waals surface area (Å²) in [5.41, 5.74) is 6.88. The Hall–Kier alpha value is -1.06. The largest absolute Gasteiger partial charge is 0.352 e. The molecule has 0 bridgehead atoms. The Bertz CT molecular complexity index is 407. The first-order valence-electron chi connectivity index (χ1n) is 6.35. The van der Waals surface area contributed by atoms with E-state index >= 15 is 0 Å². The van der Waals surface area contributed by atoms with Gasteiger partial charge < -0.3 is 11.1 Å². The van der Waals surface area contributed by atoms with E-state index in [1.165, 1.54) is 6.42 Å². The summed E-state index contributed by atoms with van der Waals surface area (Å²) >= 11 is 5.81. The van der Waals surface area contributed by atoms with E-state index in [0.717, 1.165) is 18.4 Å². The molecule has 1 fully saturated rings. The zero-order valence-electron chi connectivity index (χ0n) is 10.4. The van der Waals surface area contributed by atoms with Crippen molar-refractivity contribution in [2.75, 3.05) is 6.54 Å². The van der Waals surface area contributed by atoms with Gasteiger partial charge in [-0.05, 0) is 42.5 Å². The maximum absolute atomic E-state index is 11.9. The van der Waals surface area contributed by atoms with Crippen LogP contribution in [-0.4, -0.2) is 12.5 Å². The van der Waals surface area contributed by atoms with Gasteiger partial charge in [-0.15, -0.1) is 0 Å². The molecular weight excluding hydrogens is 248 g/mol. The third-order valence-corrected chi connectivity index (χ3v) is 4.04. The maximum atomic E-state index is 11.9. The zero-order valence-corrected chi connectivity index (χ0v) is 11.2. The first kappa shape index (κ1) is 13.4. The quantitative estimate of drug-likeness (QED) is 0.860. The lowest BCUT2D eigenvalue weighted by molar-refractivity contribution is -0.124. The predicted octanol–water partition coefficient (Wildman–Crippen LogP) is 2.48.